The summed E-state index contributed by atoms with van der Waals surface area (Å²) in [5.74, 6) is 1.06. The van der Waals surface area contributed by atoms with Crippen molar-refractivity contribution in [2.45, 2.75) is 85.2 Å². The second-order valence-electron chi connectivity index (χ2n) is 12.1. The molecule has 3 amide bonds. The Labute approximate surface area is 226 Å². The molecule has 0 radical (unpaired) electrons. The van der Waals surface area contributed by atoms with Gasteiger partial charge >= 0.3 is 6.09 Å². The first-order valence-corrected chi connectivity index (χ1v) is 13.8. The maximum absolute atomic E-state index is 13.6. The van der Waals surface area contributed by atoms with Crippen molar-refractivity contribution in [1.29, 1.82) is 0 Å². The lowest BCUT2D eigenvalue weighted by molar-refractivity contribution is -0.125. The van der Waals surface area contributed by atoms with Crippen LogP contribution in [0.25, 0.3) is 6.20 Å². The van der Waals surface area contributed by atoms with E-state index in [0.29, 0.717) is 29.9 Å². The van der Waals surface area contributed by atoms with Gasteiger partial charge in [0.1, 0.15) is 5.56 Å². The number of hydrogen-bond acceptors (Lipinski definition) is 6. The van der Waals surface area contributed by atoms with Crippen molar-refractivity contribution in [3.05, 3.63) is 17.8 Å². The van der Waals surface area contributed by atoms with Crippen molar-refractivity contribution < 1.29 is 23.9 Å². The van der Waals surface area contributed by atoms with E-state index in [2.05, 4.69) is 15.7 Å². The molecule has 2 saturated carbocycles. The van der Waals surface area contributed by atoms with Crippen LogP contribution in [0, 0.1) is 29.6 Å². The summed E-state index contributed by atoms with van der Waals surface area (Å²) in [6, 6.07) is -0.125. The molecule has 0 spiro atoms. The molecule has 4 atom stereocenters. The van der Waals surface area contributed by atoms with Crippen LogP contribution in [0.3, 0.4) is 0 Å². The van der Waals surface area contributed by atoms with E-state index in [1.165, 1.54) is 17.3 Å². The van der Waals surface area contributed by atoms with Gasteiger partial charge < -0.3 is 25.8 Å². The molecule has 4 N–H and O–H groups in total. The highest BCUT2D eigenvalue weighted by atomic mass is 16.5. The molecule has 2 aliphatic carbocycles. The Balaban J connectivity index is 1.82. The maximum atomic E-state index is 13.6. The third-order valence-electron chi connectivity index (χ3n) is 7.36. The van der Waals surface area contributed by atoms with Crippen LogP contribution >= 0.6 is 0 Å². The van der Waals surface area contributed by atoms with E-state index in [-0.39, 0.29) is 42.2 Å². The van der Waals surface area contributed by atoms with Gasteiger partial charge in [-0.2, -0.15) is 5.10 Å². The van der Waals surface area contributed by atoms with Crippen LogP contribution in [-0.4, -0.2) is 52.5 Å². The number of rotatable bonds is 11. The predicted octanol–water partition coefficient (Wildman–Crippen LogP) is 3.96. The summed E-state index contributed by atoms with van der Waals surface area (Å²) < 4.78 is 12.8. The fourth-order valence-electron chi connectivity index (χ4n) is 5.42. The number of amides is 3. The monoisotopic (exact) mass is 531 g/mol. The van der Waals surface area contributed by atoms with E-state index >= 15 is 0 Å². The maximum Gasteiger partial charge on any atom is 0.404 e. The first kappa shape index (κ1) is 29.5. The summed E-state index contributed by atoms with van der Waals surface area (Å²) in [5.41, 5.74) is 4.95. The standard InChI is InChI=1S/C28H45N5O5/c1-17(2)15-37-26-22(14-30-33(26)11-10-28(5,6)32-24(34)18(3)4)25(35)31-23-20-9-7-8-19(12-20)13-21(23)16-38-27(29)36/h10-11,14,17-21,23H,7-9,12-13,15-16H2,1-6H3,(H2,29,36)(H,31,35)(H,32,34)/b11-10+/t19?,20?,21?,23-/m0/s1. The number of carbonyl (C=O) groups excluding carboxylic acids is 3. The Kier molecular flexibility index (Phi) is 9.84. The number of nitrogens with zero attached hydrogens (tertiary/aromatic N) is 2. The van der Waals surface area contributed by atoms with E-state index in [9.17, 15) is 14.4 Å². The molecule has 1 aromatic heterocycles. The van der Waals surface area contributed by atoms with Gasteiger partial charge in [-0.25, -0.2) is 9.48 Å². The zero-order valence-corrected chi connectivity index (χ0v) is 23.7. The smallest absolute Gasteiger partial charge is 0.404 e. The van der Waals surface area contributed by atoms with Gasteiger partial charge in [-0.1, -0.05) is 40.5 Å². The quantitative estimate of drug-likeness (QED) is 0.395. The largest absolute Gasteiger partial charge is 0.477 e. The number of ether oxygens (including phenoxy) is 2. The number of aromatic nitrogens is 2. The Hall–Kier alpha value is -3.04. The Morgan fingerprint density at radius 2 is 1.95 bits per heavy atom. The number of fused-ring (bicyclic) bond motifs is 2. The van der Waals surface area contributed by atoms with E-state index in [1.54, 1.807) is 6.20 Å². The molecule has 0 saturated heterocycles. The number of nitrogens with one attached hydrogen (secondary N) is 2. The fourth-order valence-corrected chi connectivity index (χ4v) is 5.42. The minimum atomic E-state index is -0.796. The number of hydrogen-bond donors (Lipinski definition) is 3. The van der Waals surface area contributed by atoms with Crippen LogP contribution in [0.15, 0.2) is 12.3 Å². The predicted molar refractivity (Wildman–Crippen MR) is 145 cm³/mol. The van der Waals surface area contributed by atoms with Gasteiger partial charge in [0.2, 0.25) is 11.8 Å². The van der Waals surface area contributed by atoms with Gasteiger partial charge in [-0.3, -0.25) is 9.59 Å². The Morgan fingerprint density at radius 3 is 2.61 bits per heavy atom. The highest BCUT2D eigenvalue weighted by Crippen LogP contribution is 2.43. The summed E-state index contributed by atoms with van der Waals surface area (Å²) in [5, 5.41) is 10.6. The Morgan fingerprint density at radius 1 is 1.21 bits per heavy atom. The van der Waals surface area contributed by atoms with Crippen LogP contribution in [0.1, 0.15) is 84.0 Å². The average Bonchev–Trinajstić information content (AvgIpc) is 3.24. The fraction of sp³-hybridized carbons (Fsp3) is 0.714. The SMILES string of the molecule is CC(C)COc1c(C(=O)N[C@H]2C3CCCC(C3)CC2COC(N)=O)cnn1/C=C/C(C)(C)NC(=O)C(C)C. The highest BCUT2D eigenvalue weighted by molar-refractivity contribution is 5.96. The first-order valence-electron chi connectivity index (χ1n) is 13.8. The summed E-state index contributed by atoms with van der Waals surface area (Å²) in [6.45, 7) is 12.1. The summed E-state index contributed by atoms with van der Waals surface area (Å²) >= 11 is 0. The van der Waals surface area contributed by atoms with E-state index < -0.39 is 11.6 Å². The lowest BCUT2D eigenvalue weighted by Gasteiger charge is -2.45. The molecule has 2 fully saturated rings. The molecule has 38 heavy (non-hydrogen) atoms. The second kappa shape index (κ2) is 12.7. The van der Waals surface area contributed by atoms with Gasteiger partial charge in [-0.15, -0.1) is 0 Å². The molecule has 2 aliphatic rings. The molecule has 0 aliphatic heterocycles. The van der Waals surface area contributed by atoms with E-state index in [0.717, 1.165) is 25.7 Å². The molecule has 3 unspecified atom stereocenters. The zero-order chi connectivity index (χ0) is 28.0. The van der Waals surface area contributed by atoms with E-state index in [4.69, 9.17) is 15.2 Å². The molecule has 1 aromatic rings. The van der Waals surface area contributed by atoms with Crippen molar-refractivity contribution in [1.82, 2.24) is 20.4 Å². The van der Waals surface area contributed by atoms with Crippen LogP contribution in [-0.2, 0) is 9.53 Å². The average molecular weight is 532 g/mol. The van der Waals surface area contributed by atoms with Gasteiger partial charge in [-0.05, 0) is 56.9 Å². The van der Waals surface area contributed by atoms with Crippen molar-refractivity contribution in [2.24, 2.45) is 35.3 Å². The van der Waals surface area contributed by atoms with Crippen LogP contribution in [0.4, 0.5) is 4.79 Å². The minimum absolute atomic E-state index is 0.0100. The summed E-state index contributed by atoms with van der Waals surface area (Å²) in [7, 11) is 0. The zero-order valence-electron chi connectivity index (χ0n) is 23.7. The molecule has 1 heterocycles. The molecular formula is C28H45N5O5. The van der Waals surface area contributed by atoms with Crippen molar-refractivity contribution >= 4 is 24.1 Å². The van der Waals surface area contributed by atoms with Gasteiger partial charge in [0, 0.05) is 24.1 Å². The molecule has 3 rings (SSSR count). The summed E-state index contributed by atoms with van der Waals surface area (Å²) in [4.78, 5) is 37.1. The lowest BCUT2D eigenvalue weighted by Crippen LogP contribution is -2.52. The molecule has 0 aromatic carbocycles. The van der Waals surface area contributed by atoms with Gasteiger partial charge in [0.15, 0.2) is 0 Å². The first-order chi connectivity index (χ1) is 17.9. The lowest BCUT2D eigenvalue weighted by atomic mass is 9.65. The van der Waals surface area contributed by atoms with Gasteiger partial charge in [0.25, 0.3) is 5.91 Å². The normalized spacial score (nSPS) is 23.5. The number of carbonyl (C=O) groups is 3. The topological polar surface area (TPSA) is 138 Å². The van der Waals surface area contributed by atoms with Crippen LogP contribution < -0.4 is 21.1 Å². The molecule has 10 nitrogen and oxygen atoms in total. The highest BCUT2D eigenvalue weighted by Gasteiger charge is 2.41. The van der Waals surface area contributed by atoms with Crippen molar-refractivity contribution in [3.63, 3.8) is 0 Å². The molecular weight excluding hydrogens is 486 g/mol. The minimum Gasteiger partial charge on any atom is -0.477 e. The third-order valence-corrected chi connectivity index (χ3v) is 7.36. The van der Waals surface area contributed by atoms with E-state index in [1.807, 2.05) is 47.6 Å². The van der Waals surface area contributed by atoms with Gasteiger partial charge in [0.05, 0.1) is 24.9 Å². The van der Waals surface area contributed by atoms with Crippen LogP contribution in [0.2, 0.25) is 0 Å². The number of nitrogens with two attached hydrogens (primary N) is 1. The van der Waals surface area contributed by atoms with Crippen molar-refractivity contribution in [3.8, 4) is 5.88 Å². The van der Waals surface area contributed by atoms with Crippen LogP contribution in [0.5, 0.6) is 5.88 Å². The number of primary amides is 1. The third kappa shape index (κ3) is 7.98. The summed E-state index contributed by atoms with van der Waals surface area (Å²) in [6.07, 6.45) is 9.55. The Bertz CT molecular complexity index is 1020. The second-order valence-corrected chi connectivity index (χ2v) is 12.1. The van der Waals surface area contributed by atoms with Crippen molar-refractivity contribution in [2.75, 3.05) is 13.2 Å². The molecule has 2 bridgehead atoms. The molecule has 212 valence electrons. The molecule has 10 heteroatoms.